The van der Waals surface area contributed by atoms with Crippen LogP contribution in [-0.4, -0.2) is 4.98 Å². The van der Waals surface area contributed by atoms with E-state index in [9.17, 15) is 0 Å². The van der Waals surface area contributed by atoms with E-state index in [-0.39, 0.29) is 0 Å². The van der Waals surface area contributed by atoms with Crippen molar-refractivity contribution in [3.63, 3.8) is 0 Å². The molecule has 0 aromatic carbocycles. The van der Waals surface area contributed by atoms with Gasteiger partial charge in [-0.25, -0.2) is 4.98 Å². The van der Waals surface area contributed by atoms with E-state index in [0.29, 0.717) is 0 Å². The lowest BCUT2D eigenvalue weighted by Gasteiger charge is -2.12. The molecule has 0 atom stereocenters. The van der Waals surface area contributed by atoms with E-state index in [0.717, 1.165) is 6.42 Å². The van der Waals surface area contributed by atoms with Crippen LogP contribution in [0.1, 0.15) is 11.4 Å². The van der Waals surface area contributed by atoms with Gasteiger partial charge in [0.2, 0.25) is 0 Å². The Morgan fingerprint density at radius 1 is 1.21 bits per heavy atom. The molecule has 0 bridgehead atoms. The van der Waals surface area contributed by atoms with E-state index in [1.807, 2.05) is 24.5 Å². The number of fused-ring (bicyclic) bond motifs is 2. The Kier molecular flexibility index (Phi) is 1.77. The molecule has 0 amide bonds. The van der Waals surface area contributed by atoms with E-state index in [1.54, 1.807) is 11.8 Å². The maximum absolute atomic E-state index is 4.38. The third kappa shape index (κ3) is 1.21. The maximum Gasteiger partial charge on any atom is 0.199 e. The van der Waals surface area contributed by atoms with Gasteiger partial charge in [-0.05, 0) is 18.2 Å². The van der Waals surface area contributed by atoms with Crippen LogP contribution in [0.25, 0.3) is 0 Å². The van der Waals surface area contributed by atoms with Crippen molar-refractivity contribution in [2.24, 2.45) is 0 Å². The van der Waals surface area contributed by atoms with Crippen LogP contribution >= 0.6 is 11.8 Å². The fraction of sp³-hybridized carbons (Fsp3) is 0.0909. The maximum atomic E-state index is 4.38. The number of nitrogens with zero attached hydrogens (tertiary/aromatic N) is 1. The SMILES string of the molecule is c1cnc2c(c1)Sc1ccc[nH+]c1C2. The van der Waals surface area contributed by atoms with Crippen LogP contribution < -0.4 is 4.98 Å². The van der Waals surface area contributed by atoms with Crippen molar-refractivity contribution in [1.29, 1.82) is 0 Å². The molecule has 2 aromatic rings. The predicted octanol–water partition coefficient (Wildman–Crippen LogP) is 1.95. The Morgan fingerprint density at radius 2 is 2.14 bits per heavy atom. The summed E-state index contributed by atoms with van der Waals surface area (Å²) in [5.41, 5.74) is 2.44. The molecule has 3 heteroatoms. The monoisotopic (exact) mass is 201 g/mol. The molecule has 3 rings (SSSR count). The zero-order valence-corrected chi connectivity index (χ0v) is 8.34. The first-order valence-corrected chi connectivity index (χ1v) is 5.36. The Labute approximate surface area is 86.4 Å². The highest BCUT2D eigenvalue weighted by Crippen LogP contribution is 2.36. The zero-order valence-electron chi connectivity index (χ0n) is 7.53. The summed E-state index contributed by atoms with van der Waals surface area (Å²) in [5.74, 6) is 0. The van der Waals surface area contributed by atoms with E-state index < -0.39 is 0 Å². The van der Waals surface area contributed by atoms with Crippen molar-refractivity contribution < 1.29 is 4.98 Å². The number of hydrogen-bond donors (Lipinski definition) is 0. The summed E-state index contributed by atoms with van der Waals surface area (Å²) < 4.78 is 0. The number of H-pyrrole nitrogens is 1. The topological polar surface area (TPSA) is 27.0 Å². The van der Waals surface area contributed by atoms with Gasteiger partial charge >= 0.3 is 0 Å². The van der Waals surface area contributed by atoms with Crippen molar-refractivity contribution in [3.8, 4) is 0 Å². The van der Waals surface area contributed by atoms with Crippen LogP contribution in [0, 0.1) is 0 Å². The van der Waals surface area contributed by atoms with Crippen molar-refractivity contribution in [3.05, 3.63) is 48.0 Å². The van der Waals surface area contributed by atoms with Crippen molar-refractivity contribution in [2.75, 3.05) is 0 Å². The number of pyridine rings is 2. The molecule has 0 radical (unpaired) electrons. The second kappa shape index (κ2) is 3.10. The predicted molar refractivity (Wildman–Crippen MR) is 54.2 cm³/mol. The van der Waals surface area contributed by atoms with E-state index in [1.165, 1.54) is 21.2 Å². The highest BCUT2D eigenvalue weighted by molar-refractivity contribution is 7.99. The molecule has 0 saturated heterocycles. The number of aromatic nitrogens is 2. The smallest absolute Gasteiger partial charge is 0.199 e. The van der Waals surface area contributed by atoms with Gasteiger partial charge in [0.05, 0.1) is 17.0 Å². The zero-order chi connectivity index (χ0) is 9.38. The first-order valence-electron chi connectivity index (χ1n) is 4.55. The molecule has 0 fully saturated rings. The average Bonchev–Trinajstić information content (AvgIpc) is 2.26. The van der Waals surface area contributed by atoms with Gasteiger partial charge in [-0.15, -0.1) is 0 Å². The molecule has 3 heterocycles. The summed E-state index contributed by atoms with van der Waals surface area (Å²) in [6.07, 6.45) is 4.74. The van der Waals surface area contributed by atoms with Crippen molar-refractivity contribution >= 4 is 11.8 Å². The van der Waals surface area contributed by atoms with Crippen LogP contribution in [0.4, 0.5) is 0 Å². The average molecular weight is 201 g/mol. The Hall–Kier alpha value is -1.35. The Bertz CT molecular complexity index is 395. The first-order chi connectivity index (χ1) is 6.93. The largest absolute Gasteiger partial charge is 0.260 e. The normalized spacial score (nSPS) is 13.1. The minimum atomic E-state index is 0.916. The molecule has 0 unspecified atom stereocenters. The molecule has 1 aliphatic rings. The Balaban J connectivity index is 2.12. The molecule has 0 spiro atoms. The minimum absolute atomic E-state index is 0.916. The summed E-state index contributed by atoms with van der Waals surface area (Å²) >= 11 is 1.79. The fourth-order valence-electron chi connectivity index (χ4n) is 1.62. The van der Waals surface area contributed by atoms with Crippen LogP contribution in [0.3, 0.4) is 0 Å². The van der Waals surface area contributed by atoms with Gasteiger partial charge in [-0.2, -0.15) is 0 Å². The van der Waals surface area contributed by atoms with Crippen LogP contribution in [0.2, 0.25) is 0 Å². The first kappa shape index (κ1) is 8.00. The summed E-state index contributed by atoms with van der Waals surface area (Å²) in [4.78, 5) is 10.2. The minimum Gasteiger partial charge on any atom is -0.260 e. The van der Waals surface area contributed by atoms with E-state index in [4.69, 9.17) is 0 Å². The molecule has 2 nitrogen and oxygen atoms in total. The number of nitrogens with one attached hydrogen (secondary N) is 1. The molecule has 68 valence electrons. The van der Waals surface area contributed by atoms with Gasteiger partial charge < -0.3 is 0 Å². The lowest BCUT2D eigenvalue weighted by atomic mass is 10.2. The van der Waals surface area contributed by atoms with E-state index >= 15 is 0 Å². The second-order valence-corrected chi connectivity index (χ2v) is 4.32. The lowest BCUT2D eigenvalue weighted by molar-refractivity contribution is -0.392. The van der Waals surface area contributed by atoms with Crippen molar-refractivity contribution in [2.45, 2.75) is 16.2 Å². The fourth-order valence-corrected chi connectivity index (χ4v) is 2.65. The lowest BCUT2D eigenvalue weighted by Crippen LogP contribution is -2.15. The summed E-state index contributed by atoms with van der Waals surface area (Å²) in [6.45, 7) is 0. The van der Waals surface area contributed by atoms with Crippen LogP contribution in [0.5, 0.6) is 0 Å². The highest BCUT2D eigenvalue weighted by Gasteiger charge is 2.20. The molecular weight excluding hydrogens is 192 g/mol. The number of hydrogen-bond acceptors (Lipinski definition) is 2. The molecule has 0 aliphatic carbocycles. The summed E-state index contributed by atoms with van der Waals surface area (Å²) in [7, 11) is 0. The molecule has 1 N–H and O–H groups in total. The molecule has 0 saturated carbocycles. The van der Waals surface area contributed by atoms with E-state index in [2.05, 4.69) is 22.1 Å². The van der Waals surface area contributed by atoms with Gasteiger partial charge in [-0.3, -0.25) is 4.98 Å². The second-order valence-electron chi connectivity index (χ2n) is 3.24. The van der Waals surface area contributed by atoms with Gasteiger partial charge in [-0.1, -0.05) is 11.8 Å². The quantitative estimate of drug-likeness (QED) is 0.556. The molecule has 1 aliphatic heterocycles. The van der Waals surface area contributed by atoms with Crippen molar-refractivity contribution in [1.82, 2.24) is 4.98 Å². The Morgan fingerprint density at radius 3 is 3.14 bits per heavy atom. The summed E-state index contributed by atoms with van der Waals surface area (Å²) in [5, 5.41) is 0. The molecule has 2 aromatic heterocycles. The van der Waals surface area contributed by atoms with Gasteiger partial charge in [0, 0.05) is 17.2 Å². The molecule has 14 heavy (non-hydrogen) atoms. The number of rotatable bonds is 0. The summed E-state index contributed by atoms with van der Waals surface area (Å²) in [6, 6.07) is 8.30. The highest BCUT2D eigenvalue weighted by atomic mass is 32.2. The van der Waals surface area contributed by atoms with Crippen LogP contribution in [0.15, 0.2) is 46.5 Å². The van der Waals surface area contributed by atoms with Gasteiger partial charge in [0.15, 0.2) is 11.9 Å². The molecular formula is C11H9N2S+. The number of aromatic amines is 1. The van der Waals surface area contributed by atoms with Gasteiger partial charge in [0.25, 0.3) is 0 Å². The van der Waals surface area contributed by atoms with Gasteiger partial charge in [0.1, 0.15) is 0 Å². The van der Waals surface area contributed by atoms with Crippen LogP contribution in [-0.2, 0) is 6.42 Å². The third-order valence-corrected chi connectivity index (χ3v) is 3.51. The standard InChI is InChI=1S/C11H8N2S/c1-3-10-8(12-5-1)7-9-11(14-10)4-2-6-13-9/h1-6H,7H2/p+1. The third-order valence-electron chi connectivity index (χ3n) is 2.31.